The van der Waals surface area contributed by atoms with E-state index in [9.17, 15) is 12.8 Å². The van der Waals surface area contributed by atoms with E-state index in [1.54, 1.807) is 0 Å². The van der Waals surface area contributed by atoms with Crippen LogP contribution in [0.25, 0.3) is 21.9 Å². The molecule has 0 saturated carbocycles. The molecule has 0 amide bonds. The fourth-order valence-electron chi connectivity index (χ4n) is 4.61. The Morgan fingerprint density at radius 1 is 1.18 bits per heavy atom. The molecule has 7 nitrogen and oxygen atoms in total. The Morgan fingerprint density at radius 3 is 2.70 bits per heavy atom. The second kappa shape index (κ2) is 9.23. The molecule has 4 N–H and O–H groups in total. The third-order valence-electron chi connectivity index (χ3n) is 6.39. The number of aryl methyl sites for hydroxylation is 2. The molecule has 1 aliphatic rings. The molecule has 0 aliphatic heterocycles. The average molecular weight is 472 g/mol. The summed E-state index contributed by atoms with van der Waals surface area (Å²) in [6, 6.07) is 7.85. The summed E-state index contributed by atoms with van der Waals surface area (Å²) in [5.74, 6) is 0.885. The van der Waals surface area contributed by atoms with Gasteiger partial charge in [-0.2, -0.15) is 0 Å². The number of primary sulfonamides is 1. The molecule has 176 valence electrons. The molecule has 3 aromatic rings. The summed E-state index contributed by atoms with van der Waals surface area (Å²) < 4.78 is 39.3. The van der Waals surface area contributed by atoms with Crippen LogP contribution in [-0.2, 0) is 23.0 Å². The minimum Gasteiger partial charge on any atom is -0.382 e. The van der Waals surface area contributed by atoms with Crippen LogP contribution < -0.4 is 10.9 Å². The number of pyridine rings is 1. The lowest BCUT2D eigenvalue weighted by Crippen LogP contribution is -2.42. The second-order valence-corrected chi connectivity index (χ2v) is 10.6. The number of nitrogens with zero attached hydrogens (tertiary/aromatic N) is 3. The second-order valence-electron chi connectivity index (χ2n) is 8.71. The van der Waals surface area contributed by atoms with Crippen molar-refractivity contribution in [2.75, 3.05) is 5.73 Å². The van der Waals surface area contributed by atoms with Crippen molar-refractivity contribution in [1.29, 1.82) is 0 Å². The number of unbranched alkanes of at least 4 members (excludes halogenated alkanes) is 2. The highest BCUT2D eigenvalue weighted by molar-refractivity contribution is 7.90. The van der Waals surface area contributed by atoms with Crippen molar-refractivity contribution in [1.82, 2.24) is 14.5 Å². The number of aromatic nitrogens is 3. The molecular weight excluding hydrogens is 441 g/mol. The summed E-state index contributed by atoms with van der Waals surface area (Å²) in [6.07, 6.45) is 8.40. The van der Waals surface area contributed by atoms with Gasteiger partial charge in [-0.25, -0.2) is 27.9 Å². The summed E-state index contributed by atoms with van der Waals surface area (Å²) in [7, 11) is -3.96. The first-order valence-corrected chi connectivity index (χ1v) is 12.9. The highest BCUT2D eigenvalue weighted by atomic mass is 32.2. The van der Waals surface area contributed by atoms with Gasteiger partial charge in [0.1, 0.15) is 21.9 Å². The normalized spacial score (nSPS) is 18.8. The topological polar surface area (TPSA) is 117 Å². The zero-order chi connectivity index (χ0) is 23.6. The van der Waals surface area contributed by atoms with Crippen LogP contribution in [0, 0.1) is 0 Å². The van der Waals surface area contributed by atoms with Crippen LogP contribution >= 0.6 is 0 Å². The lowest BCUT2D eigenvalue weighted by atomic mass is 9.93. The van der Waals surface area contributed by atoms with Gasteiger partial charge in [0.05, 0.1) is 11.0 Å². The van der Waals surface area contributed by atoms with Crippen LogP contribution in [0.2, 0.25) is 0 Å². The van der Waals surface area contributed by atoms with Crippen LogP contribution in [-0.4, -0.2) is 27.7 Å². The SMILES string of the molecule is CCCCc1nc2c(N)nc3ccccc3c2n1CCCCC1(S(N)(=O)=O)C=CC=C(F)C1. The Kier molecular flexibility index (Phi) is 6.54. The van der Waals surface area contributed by atoms with Crippen molar-refractivity contribution in [3.8, 4) is 0 Å². The van der Waals surface area contributed by atoms with Gasteiger partial charge in [0.15, 0.2) is 5.82 Å². The van der Waals surface area contributed by atoms with Crippen LogP contribution in [0.15, 0.2) is 48.3 Å². The lowest BCUT2D eigenvalue weighted by molar-refractivity contribution is 0.459. The Bertz CT molecular complexity index is 1350. The summed E-state index contributed by atoms with van der Waals surface area (Å²) >= 11 is 0. The molecule has 33 heavy (non-hydrogen) atoms. The molecule has 0 fully saturated rings. The van der Waals surface area contributed by atoms with Crippen molar-refractivity contribution in [3.05, 3.63) is 54.1 Å². The molecule has 4 rings (SSSR count). The molecule has 9 heteroatoms. The maximum atomic E-state index is 13.9. The van der Waals surface area contributed by atoms with Crippen molar-refractivity contribution >= 4 is 37.8 Å². The summed E-state index contributed by atoms with van der Waals surface area (Å²) in [5, 5.41) is 6.49. The van der Waals surface area contributed by atoms with E-state index >= 15 is 0 Å². The summed E-state index contributed by atoms with van der Waals surface area (Å²) in [5.41, 5.74) is 8.71. The molecular formula is C24H30FN5O2S. The molecule has 1 aromatic carbocycles. The number of anilines is 1. The molecule has 1 aliphatic carbocycles. The number of nitrogens with two attached hydrogens (primary N) is 2. The number of rotatable bonds is 9. The van der Waals surface area contributed by atoms with Crippen molar-refractivity contribution in [2.24, 2.45) is 5.14 Å². The van der Waals surface area contributed by atoms with E-state index in [4.69, 9.17) is 15.9 Å². The fourth-order valence-corrected chi connectivity index (χ4v) is 5.64. The van der Waals surface area contributed by atoms with E-state index in [0.717, 1.165) is 41.5 Å². The predicted molar refractivity (Wildman–Crippen MR) is 131 cm³/mol. The van der Waals surface area contributed by atoms with Crippen LogP contribution in [0.3, 0.4) is 0 Å². The predicted octanol–water partition coefficient (Wildman–Crippen LogP) is 4.52. The number of nitrogen functional groups attached to an aromatic ring is 1. The van der Waals surface area contributed by atoms with Gasteiger partial charge in [0, 0.05) is 24.8 Å². The van der Waals surface area contributed by atoms with E-state index in [0.29, 0.717) is 30.7 Å². The quantitative estimate of drug-likeness (QED) is 0.445. The first-order valence-electron chi connectivity index (χ1n) is 11.4. The molecule has 0 spiro atoms. The monoisotopic (exact) mass is 471 g/mol. The van der Waals surface area contributed by atoms with E-state index in [1.807, 2.05) is 24.3 Å². The van der Waals surface area contributed by atoms with E-state index in [1.165, 1.54) is 18.2 Å². The lowest BCUT2D eigenvalue weighted by Gasteiger charge is -2.29. The average Bonchev–Trinajstić information content (AvgIpc) is 3.14. The van der Waals surface area contributed by atoms with Gasteiger partial charge in [-0.3, -0.25) is 0 Å². The van der Waals surface area contributed by atoms with E-state index in [2.05, 4.69) is 16.5 Å². The third-order valence-corrected chi connectivity index (χ3v) is 8.00. The van der Waals surface area contributed by atoms with Crippen molar-refractivity contribution < 1.29 is 12.8 Å². The molecule has 2 heterocycles. The summed E-state index contributed by atoms with van der Waals surface area (Å²) in [6.45, 7) is 2.78. The van der Waals surface area contributed by atoms with E-state index in [-0.39, 0.29) is 12.8 Å². The Balaban J connectivity index is 1.63. The van der Waals surface area contributed by atoms with Gasteiger partial charge in [-0.1, -0.05) is 43.7 Å². The Hall–Kier alpha value is -2.78. The van der Waals surface area contributed by atoms with Gasteiger partial charge < -0.3 is 10.3 Å². The number of allylic oxidation sites excluding steroid dienone is 3. The first kappa shape index (κ1) is 23.4. The minimum absolute atomic E-state index is 0.217. The summed E-state index contributed by atoms with van der Waals surface area (Å²) in [4.78, 5) is 9.33. The molecule has 1 atom stereocenters. The number of imidazole rings is 1. The standard InChI is InChI=1S/C24H30FN5O2S/c1-2-3-12-20-29-21-22(18-10-4-5-11-19(18)28-23(21)26)30(20)15-7-6-13-24(33(27,31)32)14-8-9-17(25)16-24/h4-5,8-11,14H,2-3,6-7,12-13,15-16H2,1H3,(H2,26,28)(H2,27,31,32). The number of benzene rings is 1. The van der Waals surface area contributed by atoms with Crippen LogP contribution in [0.4, 0.5) is 10.2 Å². The van der Waals surface area contributed by atoms with E-state index < -0.39 is 20.6 Å². The largest absolute Gasteiger partial charge is 0.382 e. The highest BCUT2D eigenvalue weighted by Crippen LogP contribution is 2.35. The maximum absolute atomic E-state index is 13.9. The number of hydrogen-bond donors (Lipinski definition) is 2. The number of fused-ring (bicyclic) bond motifs is 3. The Morgan fingerprint density at radius 2 is 1.97 bits per heavy atom. The molecule has 1 unspecified atom stereocenters. The van der Waals surface area contributed by atoms with Crippen molar-refractivity contribution in [3.63, 3.8) is 0 Å². The zero-order valence-corrected chi connectivity index (χ0v) is 19.6. The van der Waals surface area contributed by atoms with Crippen LogP contribution in [0.1, 0.15) is 51.3 Å². The van der Waals surface area contributed by atoms with Crippen molar-refractivity contribution in [2.45, 2.75) is 63.2 Å². The maximum Gasteiger partial charge on any atom is 0.218 e. The molecule has 0 saturated heterocycles. The highest BCUT2D eigenvalue weighted by Gasteiger charge is 2.40. The van der Waals surface area contributed by atoms with Gasteiger partial charge >= 0.3 is 0 Å². The van der Waals surface area contributed by atoms with Gasteiger partial charge in [-0.15, -0.1) is 0 Å². The Labute approximate surface area is 193 Å². The van der Waals surface area contributed by atoms with Gasteiger partial charge in [0.25, 0.3) is 0 Å². The third kappa shape index (κ3) is 4.52. The fraction of sp³-hybridized carbons (Fsp3) is 0.417. The minimum atomic E-state index is -3.96. The molecule has 0 bridgehead atoms. The smallest absolute Gasteiger partial charge is 0.218 e. The van der Waals surface area contributed by atoms with Gasteiger partial charge in [-0.05, 0) is 37.8 Å². The molecule has 2 aromatic heterocycles. The first-order chi connectivity index (χ1) is 15.8. The number of para-hydroxylation sites is 1. The number of hydrogen-bond acceptors (Lipinski definition) is 5. The van der Waals surface area contributed by atoms with Crippen LogP contribution in [0.5, 0.6) is 0 Å². The number of halogens is 1. The number of sulfonamides is 1. The van der Waals surface area contributed by atoms with Gasteiger partial charge in [0.2, 0.25) is 10.0 Å². The molecule has 0 radical (unpaired) electrons. The zero-order valence-electron chi connectivity index (χ0n) is 18.8.